The third-order valence-corrected chi connectivity index (χ3v) is 6.66. The zero-order chi connectivity index (χ0) is 16.0. The highest BCUT2D eigenvalue weighted by atomic mass is 19.1. The molecule has 5 rings (SSSR count). The number of hydrogen-bond donors (Lipinski definition) is 1. The van der Waals surface area contributed by atoms with Crippen molar-refractivity contribution in [3.05, 3.63) is 35.6 Å². The van der Waals surface area contributed by atoms with Crippen LogP contribution in [0.1, 0.15) is 51.0 Å². The minimum absolute atomic E-state index is 0.0693. The van der Waals surface area contributed by atoms with Crippen molar-refractivity contribution in [3.8, 4) is 0 Å². The van der Waals surface area contributed by atoms with Crippen molar-refractivity contribution in [2.24, 2.45) is 23.2 Å². The van der Waals surface area contributed by atoms with Crippen LogP contribution >= 0.6 is 0 Å². The highest BCUT2D eigenvalue weighted by Crippen LogP contribution is 2.61. The van der Waals surface area contributed by atoms with Gasteiger partial charge in [-0.15, -0.1) is 0 Å². The third-order valence-electron chi connectivity index (χ3n) is 6.66. The molecule has 4 saturated carbocycles. The van der Waals surface area contributed by atoms with Gasteiger partial charge in [-0.25, -0.2) is 4.39 Å². The summed E-state index contributed by atoms with van der Waals surface area (Å²) in [6, 6.07) is 6.49. The Balaban J connectivity index is 1.40. The molecule has 3 heteroatoms. The molecule has 4 aliphatic carbocycles. The molecule has 124 valence electrons. The fraction of sp³-hybridized carbons (Fsp3) is 0.650. The van der Waals surface area contributed by atoms with Gasteiger partial charge in [0, 0.05) is 6.04 Å². The second-order valence-corrected chi connectivity index (χ2v) is 8.37. The first-order valence-corrected chi connectivity index (χ1v) is 9.06. The number of hydrogen-bond acceptors (Lipinski definition) is 1. The van der Waals surface area contributed by atoms with E-state index in [1.807, 2.05) is 0 Å². The topological polar surface area (TPSA) is 29.1 Å². The van der Waals surface area contributed by atoms with Crippen molar-refractivity contribution in [3.63, 3.8) is 0 Å². The Morgan fingerprint density at radius 1 is 1.13 bits per heavy atom. The van der Waals surface area contributed by atoms with Gasteiger partial charge in [-0.2, -0.15) is 0 Å². The molecule has 0 heterocycles. The van der Waals surface area contributed by atoms with Gasteiger partial charge in [0.15, 0.2) is 0 Å². The Bertz CT molecular complexity index is 559. The summed E-state index contributed by atoms with van der Waals surface area (Å²) in [5.74, 6) is 2.52. The largest absolute Gasteiger partial charge is 0.353 e. The molecule has 4 fully saturated rings. The first-order chi connectivity index (χ1) is 11.0. The Morgan fingerprint density at radius 3 is 2.17 bits per heavy atom. The summed E-state index contributed by atoms with van der Waals surface area (Å²) in [6.45, 7) is 2.20. The molecule has 23 heavy (non-hydrogen) atoms. The highest BCUT2D eigenvalue weighted by molar-refractivity contribution is 5.78. The van der Waals surface area contributed by atoms with E-state index in [0.29, 0.717) is 11.8 Å². The summed E-state index contributed by atoms with van der Waals surface area (Å²) >= 11 is 0. The van der Waals surface area contributed by atoms with Gasteiger partial charge >= 0.3 is 0 Å². The van der Waals surface area contributed by atoms with E-state index in [1.165, 1.54) is 50.7 Å². The maximum Gasteiger partial charge on any atom is 0.224 e. The number of halogens is 1. The van der Waals surface area contributed by atoms with Crippen molar-refractivity contribution in [2.45, 2.75) is 57.9 Å². The fourth-order valence-electron chi connectivity index (χ4n) is 5.94. The first kappa shape index (κ1) is 15.2. The molecule has 0 unspecified atom stereocenters. The lowest BCUT2D eigenvalue weighted by Crippen LogP contribution is -2.56. The maximum atomic E-state index is 13.0. The van der Waals surface area contributed by atoms with E-state index in [2.05, 4.69) is 12.2 Å². The molecule has 0 saturated heterocycles. The van der Waals surface area contributed by atoms with Crippen molar-refractivity contribution in [1.82, 2.24) is 5.32 Å². The molecule has 1 aromatic carbocycles. The van der Waals surface area contributed by atoms with E-state index in [9.17, 15) is 9.18 Å². The summed E-state index contributed by atoms with van der Waals surface area (Å²) < 4.78 is 13.0. The molecule has 1 aromatic rings. The zero-order valence-electron chi connectivity index (χ0n) is 13.9. The molecule has 4 aliphatic rings. The van der Waals surface area contributed by atoms with Gasteiger partial charge in [-0.1, -0.05) is 12.1 Å². The van der Waals surface area contributed by atoms with Crippen LogP contribution in [0.4, 0.5) is 4.39 Å². The number of amides is 1. The zero-order valence-corrected chi connectivity index (χ0v) is 13.9. The highest BCUT2D eigenvalue weighted by Gasteiger charge is 2.53. The monoisotopic (exact) mass is 315 g/mol. The lowest BCUT2D eigenvalue weighted by atomic mass is 9.48. The fourth-order valence-corrected chi connectivity index (χ4v) is 5.94. The Labute approximate surface area is 137 Å². The predicted octanol–water partition coefficient (Wildman–Crippen LogP) is 4.09. The van der Waals surface area contributed by atoms with Crippen molar-refractivity contribution in [2.75, 3.05) is 0 Å². The number of nitrogens with one attached hydrogen (secondary N) is 1. The van der Waals surface area contributed by atoms with E-state index in [0.717, 1.165) is 23.3 Å². The standard InChI is InChI=1S/C20H26FNO/c1-13(22-19(23)9-14-2-4-18(21)5-3-14)20-10-15-6-16(11-20)8-17(7-15)12-20/h2-5,13,15-17H,6-12H2,1H3,(H,22,23)/t13-,15?,16?,17?,20?/m0/s1. The summed E-state index contributed by atoms with van der Waals surface area (Å²) in [5.41, 5.74) is 1.22. The second-order valence-electron chi connectivity index (χ2n) is 8.37. The van der Waals surface area contributed by atoms with Crippen LogP contribution in [0.25, 0.3) is 0 Å². The smallest absolute Gasteiger partial charge is 0.224 e. The van der Waals surface area contributed by atoms with Gasteiger partial charge < -0.3 is 5.32 Å². The van der Waals surface area contributed by atoms with Crippen LogP contribution < -0.4 is 5.32 Å². The van der Waals surface area contributed by atoms with E-state index in [-0.39, 0.29) is 17.8 Å². The van der Waals surface area contributed by atoms with Crippen LogP contribution in [0.3, 0.4) is 0 Å². The molecule has 1 amide bonds. The molecule has 0 aromatic heterocycles. The van der Waals surface area contributed by atoms with Crippen LogP contribution in [0.5, 0.6) is 0 Å². The lowest BCUT2D eigenvalue weighted by Gasteiger charge is -2.59. The van der Waals surface area contributed by atoms with E-state index >= 15 is 0 Å². The van der Waals surface area contributed by atoms with Crippen molar-refractivity contribution >= 4 is 5.91 Å². The average Bonchev–Trinajstić information content (AvgIpc) is 2.48. The number of carbonyl (C=O) groups is 1. The number of carbonyl (C=O) groups excluding carboxylic acids is 1. The molecule has 1 N–H and O–H groups in total. The number of benzene rings is 1. The van der Waals surface area contributed by atoms with Crippen molar-refractivity contribution < 1.29 is 9.18 Å². The van der Waals surface area contributed by atoms with Crippen LogP contribution in [0.2, 0.25) is 0 Å². The lowest BCUT2D eigenvalue weighted by molar-refractivity contribution is -0.125. The van der Waals surface area contributed by atoms with Crippen LogP contribution in [0.15, 0.2) is 24.3 Å². The molecule has 0 aliphatic heterocycles. The summed E-state index contributed by atoms with van der Waals surface area (Å²) in [7, 11) is 0. The Morgan fingerprint density at radius 2 is 1.65 bits per heavy atom. The minimum Gasteiger partial charge on any atom is -0.353 e. The minimum atomic E-state index is -0.254. The van der Waals surface area contributed by atoms with Gasteiger partial charge in [0.1, 0.15) is 5.82 Å². The SMILES string of the molecule is C[C@H](NC(=O)Cc1ccc(F)cc1)C12CC3CC(CC(C3)C1)C2. The normalized spacial score (nSPS) is 36.0. The molecule has 2 nitrogen and oxygen atoms in total. The van der Waals surface area contributed by atoms with Crippen molar-refractivity contribution in [1.29, 1.82) is 0 Å². The van der Waals surface area contributed by atoms with Gasteiger partial charge in [0.2, 0.25) is 5.91 Å². The predicted molar refractivity (Wildman–Crippen MR) is 88.3 cm³/mol. The molecule has 4 bridgehead atoms. The molecular weight excluding hydrogens is 289 g/mol. The van der Waals surface area contributed by atoms with E-state index in [4.69, 9.17) is 0 Å². The quantitative estimate of drug-likeness (QED) is 0.891. The van der Waals surface area contributed by atoms with Gasteiger partial charge in [-0.3, -0.25) is 4.79 Å². The van der Waals surface area contributed by atoms with Gasteiger partial charge in [0.05, 0.1) is 6.42 Å². The summed E-state index contributed by atoms with van der Waals surface area (Å²) in [4.78, 5) is 12.4. The molecule has 0 spiro atoms. The van der Waals surface area contributed by atoms with Crippen LogP contribution in [-0.4, -0.2) is 11.9 Å². The Kier molecular flexibility index (Phi) is 3.70. The third kappa shape index (κ3) is 2.90. The second kappa shape index (κ2) is 5.61. The van der Waals surface area contributed by atoms with Crippen LogP contribution in [-0.2, 0) is 11.2 Å². The summed E-state index contributed by atoms with van der Waals surface area (Å²) in [6.07, 6.45) is 8.53. The molecule has 0 radical (unpaired) electrons. The Hall–Kier alpha value is -1.38. The van der Waals surface area contributed by atoms with E-state index in [1.54, 1.807) is 12.1 Å². The van der Waals surface area contributed by atoms with Crippen LogP contribution in [0, 0.1) is 29.0 Å². The van der Waals surface area contributed by atoms with Gasteiger partial charge in [-0.05, 0) is 86.3 Å². The number of rotatable bonds is 4. The molecule has 1 atom stereocenters. The maximum absolute atomic E-state index is 13.0. The molecular formula is C20H26FNO. The van der Waals surface area contributed by atoms with Gasteiger partial charge in [0.25, 0.3) is 0 Å². The average molecular weight is 315 g/mol. The summed E-state index contributed by atoms with van der Waals surface area (Å²) in [5, 5.41) is 3.27. The van der Waals surface area contributed by atoms with E-state index < -0.39 is 0 Å². The first-order valence-electron chi connectivity index (χ1n) is 9.06.